The van der Waals surface area contributed by atoms with E-state index >= 15 is 0 Å². The summed E-state index contributed by atoms with van der Waals surface area (Å²) in [6, 6.07) is 9.82. The first kappa shape index (κ1) is 22.8. The number of ketones is 1. The molecule has 6 nitrogen and oxygen atoms in total. The molecule has 3 aromatic rings. The number of ether oxygens (including phenoxy) is 2. The van der Waals surface area contributed by atoms with Crippen LogP contribution in [0.2, 0.25) is 0 Å². The summed E-state index contributed by atoms with van der Waals surface area (Å²) in [5.74, 6) is -1.60. The second-order valence-electron chi connectivity index (χ2n) is 7.85. The van der Waals surface area contributed by atoms with Crippen molar-refractivity contribution in [2.45, 2.75) is 6.92 Å². The van der Waals surface area contributed by atoms with Crippen molar-refractivity contribution in [3.63, 3.8) is 0 Å². The fraction of sp³-hybridized carbons (Fsp3) is 0.280. The van der Waals surface area contributed by atoms with E-state index in [1.165, 1.54) is 12.3 Å². The highest BCUT2D eigenvalue weighted by atomic mass is 19.1. The van der Waals surface area contributed by atoms with E-state index in [1.807, 2.05) is 25.1 Å². The molecule has 1 aromatic heterocycles. The van der Waals surface area contributed by atoms with Crippen molar-refractivity contribution >= 4 is 11.5 Å². The quantitative estimate of drug-likeness (QED) is 0.548. The minimum atomic E-state index is -0.937. The predicted octanol–water partition coefficient (Wildman–Crippen LogP) is 3.86. The number of aromatic nitrogens is 1. The van der Waals surface area contributed by atoms with Gasteiger partial charge in [0, 0.05) is 43.0 Å². The van der Waals surface area contributed by atoms with Crippen LogP contribution in [0.4, 0.5) is 14.5 Å². The molecule has 2 aromatic carbocycles. The van der Waals surface area contributed by atoms with E-state index in [9.17, 15) is 13.6 Å². The van der Waals surface area contributed by atoms with Gasteiger partial charge in [0.1, 0.15) is 24.0 Å². The van der Waals surface area contributed by atoms with Gasteiger partial charge in [-0.25, -0.2) is 8.78 Å². The lowest BCUT2D eigenvalue weighted by Crippen LogP contribution is -2.38. The van der Waals surface area contributed by atoms with Gasteiger partial charge in [-0.15, -0.1) is 0 Å². The van der Waals surface area contributed by atoms with Crippen LogP contribution in [0, 0.1) is 18.6 Å². The Morgan fingerprint density at radius 2 is 1.91 bits per heavy atom. The number of carbonyl (C=O) groups excluding carboxylic acids is 1. The van der Waals surface area contributed by atoms with Gasteiger partial charge >= 0.3 is 0 Å². The van der Waals surface area contributed by atoms with Gasteiger partial charge in [-0.1, -0.05) is 0 Å². The molecule has 0 bridgehead atoms. The molecule has 0 unspecified atom stereocenters. The fourth-order valence-corrected chi connectivity index (χ4v) is 3.81. The Balaban J connectivity index is 1.52. The molecule has 172 valence electrons. The molecule has 1 saturated heterocycles. The van der Waals surface area contributed by atoms with Crippen molar-refractivity contribution in [3.8, 4) is 17.0 Å². The fourth-order valence-electron chi connectivity index (χ4n) is 3.81. The van der Waals surface area contributed by atoms with Gasteiger partial charge in [-0.2, -0.15) is 0 Å². The first-order valence-corrected chi connectivity index (χ1v) is 10.7. The van der Waals surface area contributed by atoms with E-state index in [-0.39, 0.29) is 16.8 Å². The molecule has 0 saturated carbocycles. The number of hydrogen-bond acceptors (Lipinski definition) is 6. The molecule has 0 aliphatic carbocycles. The minimum Gasteiger partial charge on any atom is -0.492 e. The number of morpholine rings is 1. The lowest BCUT2D eigenvalue weighted by atomic mass is 9.97. The van der Waals surface area contributed by atoms with Crippen LogP contribution in [0.25, 0.3) is 11.3 Å². The molecular weight excluding hydrogens is 428 g/mol. The third-order valence-corrected chi connectivity index (χ3v) is 5.64. The smallest absolute Gasteiger partial charge is 0.198 e. The summed E-state index contributed by atoms with van der Waals surface area (Å²) < 4.78 is 38.6. The summed E-state index contributed by atoms with van der Waals surface area (Å²) in [6.07, 6.45) is 1.45. The molecule has 0 radical (unpaired) electrons. The van der Waals surface area contributed by atoms with Crippen LogP contribution in [0.15, 0.2) is 48.7 Å². The minimum absolute atomic E-state index is 0.107. The number of anilines is 1. The third-order valence-electron chi connectivity index (χ3n) is 5.64. The van der Waals surface area contributed by atoms with E-state index in [4.69, 9.17) is 15.2 Å². The average molecular weight is 453 g/mol. The van der Waals surface area contributed by atoms with Gasteiger partial charge in [-0.3, -0.25) is 14.7 Å². The van der Waals surface area contributed by atoms with E-state index in [1.54, 1.807) is 0 Å². The molecule has 2 N–H and O–H groups in total. The summed E-state index contributed by atoms with van der Waals surface area (Å²) in [4.78, 5) is 19.5. The maximum Gasteiger partial charge on any atom is 0.198 e. The number of halogens is 2. The summed E-state index contributed by atoms with van der Waals surface area (Å²) in [5.41, 5.74) is 8.30. The van der Waals surface area contributed by atoms with Crippen molar-refractivity contribution < 1.29 is 23.0 Å². The van der Waals surface area contributed by atoms with Crippen molar-refractivity contribution in [1.82, 2.24) is 9.88 Å². The van der Waals surface area contributed by atoms with E-state index in [0.717, 1.165) is 61.9 Å². The Morgan fingerprint density at radius 1 is 1.12 bits per heavy atom. The van der Waals surface area contributed by atoms with Gasteiger partial charge in [0.05, 0.1) is 30.2 Å². The Kier molecular flexibility index (Phi) is 6.96. The maximum atomic E-state index is 14.1. The number of aryl methyl sites for hydroxylation is 1. The number of nitrogens with two attached hydrogens (primary N) is 1. The molecule has 1 aliphatic heterocycles. The predicted molar refractivity (Wildman–Crippen MR) is 121 cm³/mol. The topological polar surface area (TPSA) is 77.7 Å². The number of nitrogens with zero attached hydrogens (tertiary/aromatic N) is 2. The highest BCUT2D eigenvalue weighted by Gasteiger charge is 2.20. The zero-order chi connectivity index (χ0) is 23.4. The average Bonchev–Trinajstić information content (AvgIpc) is 2.80. The highest BCUT2D eigenvalue weighted by Crippen LogP contribution is 2.32. The summed E-state index contributed by atoms with van der Waals surface area (Å²) >= 11 is 0. The third kappa shape index (κ3) is 5.18. The molecule has 1 aliphatic rings. The van der Waals surface area contributed by atoms with E-state index < -0.39 is 17.4 Å². The molecule has 4 rings (SSSR count). The zero-order valence-electron chi connectivity index (χ0n) is 18.3. The molecule has 0 spiro atoms. The van der Waals surface area contributed by atoms with Gasteiger partial charge in [0.25, 0.3) is 0 Å². The Morgan fingerprint density at radius 3 is 2.64 bits per heavy atom. The number of rotatable bonds is 7. The Hall–Kier alpha value is -3.36. The van der Waals surface area contributed by atoms with Crippen LogP contribution < -0.4 is 10.5 Å². The second kappa shape index (κ2) is 10.1. The van der Waals surface area contributed by atoms with Gasteiger partial charge in [0.2, 0.25) is 0 Å². The summed E-state index contributed by atoms with van der Waals surface area (Å²) in [7, 11) is 0. The maximum absolute atomic E-state index is 14.1. The molecule has 33 heavy (non-hydrogen) atoms. The molecule has 2 heterocycles. The van der Waals surface area contributed by atoms with Crippen molar-refractivity contribution in [1.29, 1.82) is 0 Å². The summed E-state index contributed by atoms with van der Waals surface area (Å²) in [6.45, 7) is 6.59. The van der Waals surface area contributed by atoms with Crippen LogP contribution in [0.1, 0.15) is 21.5 Å². The van der Waals surface area contributed by atoms with Crippen LogP contribution in [0.5, 0.6) is 5.75 Å². The van der Waals surface area contributed by atoms with Crippen molar-refractivity contribution in [3.05, 3.63) is 77.0 Å². The SMILES string of the molecule is Cc1cc(OCCN2CCOCC2)ccc1-c1nccc(C(=O)c2ccc(F)cc2F)c1N. The molecule has 8 heteroatoms. The van der Waals surface area contributed by atoms with Gasteiger partial charge in [0.15, 0.2) is 5.78 Å². The first-order valence-electron chi connectivity index (χ1n) is 10.7. The number of benzene rings is 2. The van der Waals surface area contributed by atoms with E-state index in [0.29, 0.717) is 18.4 Å². The summed E-state index contributed by atoms with van der Waals surface area (Å²) in [5, 5.41) is 0. The molecule has 0 atom stereocenters. The van der Waals surface area contributed by atoms with Crippen LogP contribution >= 0.6 is 0 Å². The lowest BCUT2D eigenvalue weighted by molar-refractivity contribution is 0.0322. The Labute approximate surface area is 190 Å². The lowest BCUT2D eigenvalue weighted by Gasteiger charge is -2.26. The van der Waals surface area contributed by atoms with Crippen molar-refractivity contribution in [2.75, 3.05) is 45.2 Å². The standard InChI is InChI=1S/C25H25F2N3O3/c1-16-14-18(33-13-10-30-8-11-32-12-9-30)3-5-19(16)24-23(28)21(6-7-29-24)25(31)20-4-2-17(26)15-22(20)27/h2-7,14-15H,8-13,28H2,1H3. The molecule has 1 fully saturated rings. The molecule has 0 amide bonds. The first-order chi connectivity index (χ1) is 15.9. The number of carbonyl (C=O) groups is 1. The Bertz CT molecular complexity index is 1160. The second-order valence-corrected chi connectivity index (χ2v) is 7.85. The zero-order valence-corrected chi connectivity index (χ0v) is 18.3. The highest BCUT2D eigenvalue weighted by molar-refractivity contribution is 6.13. The van der Waals surface area contributed by atoms with Gasteiger partial charge in [-0.05, 0) is 48.9 Å². The number of nitrogen functional groups attached to an aromatic ring is 1. The van der Waals surface area contributed by atoms with Crippen LogP contribution in [0.3, 0.4) is 0 Å². The van der Waals surface area contributed by atoms with Crippen molar-refractivity contribution in [2.24, 2.45) is 0 Å². The number of pyridine rings is 1. The monoisotopic (exact) mass is 453 g/mol. The number of hydrogen-bond donors (Lipinski definition) is 1. The molecular formula is C25H25F2N3O3. The van der Waals surface area contributed by atoms with E-state index in [2.05, 4.69) is 9.88 Å². The van der Waals surface area contributed by atoms with Crippen LogP contribution in [-0.2, 0) is 4.74 Å². The van der Waals surface area contributed by atoms with Crippen LogP contribution in [-0.4, -0.2) is 55.1 Å². The normalized spacial score (nSPS) is 14.3. The largest absolute Gasteiger partial charge is 0.492 e. The van der Waals surface area contributed by atoms with Gasteiger partial charge < -0.3 is 15.2 Å².